The van der Waals surface area contributed by atoms with Gasteiger partial charge in [-0.25, -0.2) is 0 Å². The first-order chi connectivity index (χ1) is 12.5. The molecule has 0 aliphatic rings. The summed E-state index contributed by atoms with van der Waals surface area (Å²) in [6.45, 7) is 11.1. The Bertz CT molecular complexity index is 862. The minimum atomic E-state index is -1.93. The molecule has 0 heterocycles. The number of hydrazone groups is 1. The molecule has 0 amide bonds. The smallest absolute Gasteiger partial charge is 0.250 e. The topological polar surface area (TPSA) is 59.6 Å². The number of thiocarbonyl (C=S) groups is 1. The first kappa shape index (κ1) is 21.6. The van der Waals surface area contributed by atoms with E-state index in [1.807, 2.05) is 48.5 Å². The van der Waals surface area contributed by atoms with E-state index in [2.05, 4.69) is 60.3 Å². The molecule has 0 saturated carbocycles. The van der Waals surface area contributed by atoms with Crippen LogP contribution in [0.5, 0.6) is 5.75 Å². The summed E-state index contributed by atoms with van der Waals surface area (Å²) in [5.74, 6) is 0.845. The molecule has 2 aromatic rings. The van der Waals surface area contributed by atoms with Gasteiger partial charge in [-0.2, -0.15) is 5.10 Å². The summed E-state index contributed by atoms with van der Waals surface area (Å²) in [4.78, 5) is 0. The molecule has 0 saturated heterocycles. The quantitative estimate of drug-likeness (QED) is 0.269. The summed E-state index contributed by atoms with van der Waals surface area (Å²) >= 11 is 8.42. The van der Waals surface area contributed by atoms with E-state index >= 15 is 0 Å². The van der Waals surface area contributed by atoms with Crippen molar-refractivity contribution in [3.05, 3.63) is 64.1 Å². The predicted octanol–water partition coefficient (Wildman–Crippen LogP) is 5.42. The molecule has 0 radical (unpaired) electrons. The Hall–Kier alpha value is -1.70. The lowest BCUT2D eigenvalue weighted by Crippen LogP contribution is -2.43. The van der Waals surface area contributed by atoms with Gasteiger partial charge in [0.05, 0.1) is 5.71 Å². The van der Waals surface area contributed by atoms with Gasteiger partial charge >= 0.3 is 0 Å². The Balaban J connectivity index is 2.45. The van der Waals surface area contributed by atoms with Crippen LogP contribution < -0.4 is 15.6 Å². The normalized spacial score (nSPS) is 12.6. The molecule has 0 bridgehead atoms. The van der Waals surface area contributed by atoms with Gasteiger partial charge in [0.2, 0.25) is 8.32 Å². The zero-order valence-corrected chi connectivity index (χ0v) is 19.7. The molecule has 4 nitrogen and oxygen atoms in total. The number of hydrogen-bond donors (Lipinski definition) is 2. The van der Waals surface area contributed by atoms with E-state index < -0.39 is 8.32 Å². The highest BCUT2D eigenvalue weighted by Crippen LogP contribution is 2.37. The average Bonchev–Trinajstić information content (AvgIpc) is 2.54. The second-order valence-electron chi connectivity index (χ2n) is 7.84. The van der Waals surface area contributed by atoms with E-state index in [1.165, 1.54) is 0 Å². The zero-order valence-electron chi connectivity index (χ0n) is 16.3. The largest absolute Gasteiger partial charge is 0.543 e. The van der Waals surface area contributed by atoms with Gasteiger partial charge in [-0.3, -0.25) is 5.43 Å². The maximum absolute atomic E-state index is 6.45. The van der Waals surface area contributed by atoms with Gasteiger partial charge in [0.15, 0.2) is 5.11 Å². The molecule has 3 N–H and O–H groups in total. The van der Waals surface area contributed by atoms with Crippen molar-refractivity contribution in [3.8, 4) is 5.75 Å². The lowest BCUT2D eigenvalue weighted by atomic mass is 10.0. The Kier molecular flexibility index (Phi) is 6.83. The van der Waals surface area contributed by atoms with Crippen LogP contribution in [0.3, 0.4) is 0 Å². The van der Waals surface area contributed by atoms with Crippen molar-refractivity contribution in [1.82, 2.24) is 5.43 Å². The van der Waals surface area contributed by atoms with Crippen LogP contribution in [-0.2, 0) is 0 Å². The third-order valence-corrected chi connectivity index (χ3v) is 9.61. The van der Waals surface area contributed by atoms with E-state index in [0.717, 1.165) is 27.1 Å². The summed E-state index contributed by atoms with van der Waals surface area (Å²) in [6, 6.07) is 15.9. The van der Waals surface area contributed by atoms with Gasteiger partial charge in [0.1, 0.15) is 5.75 Å². The first-order valence-corrected chi connectivity index (χ1v) is 12.8. The molecule has 0 aromatic heterocycles. The maximum atomic E-state index is 6.45. The molecule has 0 unspecified atom stereocenters. The second-order valence-corrected chi connectivity index (χ2v) is 13.9. The number of nitrogens with one attached hydrogen (secondary N) is 1. The lowest BCUT2D eigenvalue weighted by molar-refractivity contribution is 0.492. The van der Waals surface area contributed by atoms with Crippen LogP contribution in [0.15, 0.2) is 58.1 Å². The Morgan fingerprint density at radius 2 is 1.70 bits per heavy atom. The first-order valence-electron chi connectivity index (χ1n) is 8.68. The van der Waals surface area contributed by atoms with Gasteiger partial charge in [-0.1, -0.05) is 61.0 Å². The molecule has 27 heavy (non-hydrogen) atoms. The monoisotopic (exact) mass is 463 g/mol. The minimum absolute atomic E-state index is 0.121. The lowest BCUT2D eigenvalue weighted by Gasteiger charge is -2.36. The number of nitrogens with zero attached hydrogens (tertiary/aromatic N) is 1. The minimum Gasteiger partial charge on any atom is -0.543 e. The second kappa shape index (κ2) is 8.54. The number of halogens is 1. The maximum Gasteiger partial charge on any atom is 0.250 e. The highest BCUT2D eigenvalue weighted by atomic mass is 79.9. The van der Waals surface area contributed by atoms with Crippen molar-refractivity contribution >= 4 is 47.3 Å². The van der Waals surface area contributed by atoms with Gasteiger partial charge in [-0.05, 0) is 54.6 Å². The van der Waals surface area contributed by atoms with E-state index in [9.17, 15) is 0 Å². The average molecular weight is 465 g/mol. The van der Waals surface area contributed by atoms with Crippen LogP contribution in [0.25, 0.3) is 0 Å². The van der Waals surface area contributed by atoms with E-state index in [1.54, 1.807) is 0 Å². The summed E-state index contributed by atoms with van der Waals surface area (Å²) in [7, 11) is -1.93. The highest BCUT2D eigenvalue weighted by Gasteiger charge is 2.39. The highest BCUT2D eigenvalue weighted by molar-refractivity contribution is 9.10. The molecular formula is C20H26BrN3OSSi. The van der Waals surface area contributed by atoms with Gasteiger partial charge in [0.25, 0.3) is 0 Å². The SMILES string of the molecule is CC(C)(C)[Si](C)(C)Oc1cccc(C(=NNC(N)=S)c2cccc(Br)c2)c1. The fourth-order valence-electron chi connectivity index (χ4n) is 2.20. The van der Waals surface area contributed by atoms with Crippen LogP contribution in [0.4, 0.5) is 0 Å². The summed E-state index contributed by atoms with van der Waals surface area (Å²) in [5.41, 5.74) is 10.9. The molecule has 0 aliphatic heterocycles. The molecule has 144 valence electrons. The van der Waals surface area contributed by atoms with Crippen molar-refractivity contribution < 1.29 is 4.43 Å². The summed E-state index contributed by atoms with van der Waals surface area (Å²) in [6.07, 6.45) is 0. The third kappa shape index (κ3) is 5.89. The fraction of sp³-hybridized carbons (Fsp3) is 0.300. The van der Waals surface area contributed by atoms with Crippen molar-refractivity contribution in [3.63, 3.8) is 0 Å². The van der Waals surface area contributed by atoms with Gasteiger partial charge < -0.3 is 10.2 Å². The number of nitrogens with two attached hydrogens (primary N) is 1. The van der Waals surface area contributed by atoms with E-state index in [-0.39, 0.29) is 10.2 Å². The molecule has 2 rings (SSSR count). The fourth-order valence-corrected chi connectivity index (χ4v) is 3.66. The van der Waals surface area contributed by atoms with Crippen molar-refractivity contribution in [2.75, 3.05) is 0 Å². The van der Waals surface area contributed by atoms with E-state index in [4.69, 9.17) is 22.4 Å². The molecule has 0 fully saturated rings. The molecule has 2 aromatic carbocycles. The van der Waals surface area contributed by atoms with Crippen molar-refractivity contribution in [1.29, 1.82) is 0 Å². The number of hydrogen-bond acceptors (Lipinski definition) is 3. The van der Waals surface area contributed by atoms with Crippen LogP contribution in [-0.4, -0.2) is 19.1 Å². The van der Waals surface area contributed by atoms with Crippen LogP contribution in [0, 0.1) is 0 Å². The van der Waals surface area contributed by atoms with Crippen LogP contribution >= 0.6 is 28.1 Å². The molecule has 0 atom stereocenters. The van der Waals surface area contributed by atoms with Crippen LogP contribution in [0.1, 0.15) is 31.9 Å². The standard InChI is InChI=1S/C20H26BrN3OSSi/c1-20(2,3)27(4,5)25-17-11-7-9-15(13-17)18(23-24-19(22)26)14-8-6-10-16(21)12-14/h6-13H,1-5H3,(H3,22,24,26). The number of benzene rings is 2. The Morgan fingerprint density at radius 3 is 2.26 bits per heavy atom. The molecule has 7 heteroatoms. The Morgan fingerprint density at radius 1 is 1.11 bits per heavy atom. The molecule has 0 aliphatic carbocycles. The molecule has 0 spiro atoms. The third-order valence-electron chi connectivity index (χ3n) is 4.66. The van der Waals surface area contributed by atoms with Crippen molar-refractivity contribution in [2.45, 2.75) is 38.9 Å². The zero-order chi connectivity index (χ0) is 20.2. The van der Waals surface area contributed by atoms with E-state index in [0.29, 0.717) is 0 Å². The summed E-state index contributed by atoms with van der Waals surface area (Å²) in [5, 5.41) is 4.67. The number of rotatable bonds is 5. The van der Waals surface area contributed by atoms with Gasteiger partial charge in [-0.15, -0.1) is 0 Å². The summed E-state index contributed by atoms with van der Waals surface area (Å²) < 4.78 is 7.42. The van der Waals surface area contributed by atoms with Crippen molar-refractivity contribution in [2.24, 2.45) is 10.8 Å². The van der Waals surface area contributed by atoms with Gasteiger partial charge in [0, 0.05) is 15.6 Å². The molecular weight excluding hydrogens is 438 g/mol. The van der Waals surface area contributed by atoms with Crippen LogP contribution in [0.2, 0.25) is 18.1 Å². The Labute approximate surface area is 176 Å². The predicted molar refractivity (Wildman–Crippen MR) is 124 cm³/mol.